The number of rotatable bonds is 2. The van der Waals surface area contributed by atoms with E-state index in [9.17, 15) is 9.59 Å². The molecular weight excluding hydrogens is 342 g/mol. The number of nitrogens with zero attached hydrogens (tertiary/aromatic N) is 3. The fourth-order valence-corrected chi connectivity index (χ4v) is 4.36. The fraction of sp³-hybridized carbons (Fsp3) is 0.524. The molecular formula is C21H25N3O3. The van der Waals surface area contributed by atoms with Crippen LogP contribution in [0.3, 0.4) is 0 Å². The van der Waals surface area contributed by atoms with Gasteiger partial charge in [-0.15, -0.1) is 0 Å². The molecule has 0 aliphatic carbocycles. The Labute approximate surface area is 158 Å². The summed E-state index contributed by atoms with van der Waals surface area (Å²) in [6.07, 6.45) is 6.32. The standard InChI is InChI=1S/C21H25N3O3/c1-21(2,3)27-20(26)24-15-5-6-16(24)11-14(10-15)19(25)13-4-7-17-18(12-13)23-9-8-22-17/h4,7-9,12,14-16H,5-6,10-11H2,1-3H3. The van der Waals surface area contributed by atoms with Crippen LogP contribution in [0.25, 0.3) is 11.0 Å². The fourth-order valence-electron chi connectivity index (χ4n) is 4.36. The first-order chi connectivity index (χ1) is 12.8. The van der Waals surface area contributed by atoms with Gasteiger partial charge < -0.3 is 9.64 Å². The lowest BCUT2D eigenvalue weighted by molar-refractivity contribution is 0.00254. The largest absolute Gasteiger partial charge is 0.444 e. The van der Waals surface area contributed by atoms with Crippen molar-refractivity contribution in [1.82, 2.24) is 14.9 Å². The number of Topliss-reactive ketones (excluding diaryl/α,β-unsaturated/α-hetero) is 1. The lowest BCUT2D eigenvalue weighted by Crippen LogP contribution is -2.49. The third kappa shape index (κ3) is 3.53. The van der Waals surface area contributed by atoms with Crippen molar-refractivity contribution < 1.29 is 14.3 Å². The summed E-state index contributed by atoms with van der Waals surface area (Å²) < 4.78 is 5.57. The highest BCUT2D eigenvalue weighted by Crippen LogP contribution is 2.40. The third-order valence-corrected chi connectivity index (χ3v) is 5.46. The summed E-state index contributed by atoms with van der Waals surface area (Å²) in [7, 11) is 0. The molecule has 1 aromatic carbocycles. The molecule has 2 unspecified atom stereocenters. The Morgan fingerprint density at radius 2 is 1.67 bits per heavy atom. The van der Waals surface area contributed by atoms with Crippen molar-refractivity contribution in [2.24, 2.45) is 5.92 Å². The zero-order chi connectivity index (χ0) is 19.2. The van der Waals surface area contributed by atoms with E-state index in [0.717, 1.165) is 23.9 Å². The maximum Gasteiger partial charge on any atom is 0.410 e. The number of carbonyl (C=O) groups excluding carboxylic acids is 2. The number of hydrogen-bond acceptors (Lipinski definition) is 5. The number of hydrogen-bond donors (Lipinski definition) is 0. The lowest BCUT2D eigenvalue weighted by atomic mass is 9.85. The Hall–Kier alpha value is -2.50. The number of ether oxygens (including phenoxy) is 1. The van der Waals surface area contributed by atoms with Gasteiger partial charge in [-0.2, -0.15) is 0 Å². The highest BCUT2D eigenvalue weighted by Gasteiger charge is 2.46. The van der Waals surface area contributed by atoms with E-state index in [0.29, 0.717) is 18.4 Å². The van der Waals surface area contributed by atoms with E-state index in [4.69, 9.17) is 4.74 Å². The SMILES string of the molecule is CC(C)(C)OC(=O)N1C2CCC1CC(C(=O)c1ccc3nccnc3c1)C2. The van der Waals surface area contributed by atoms with Gasteiger partial charge in [-0.1, -0.05) is 0 Å². The Balaban J connectivity index is 1.50. The Morgan fingerprint density at radius 1 is 1.04 bits per heavy atom. The number of carbonyl (C=O) groups is 2. The summed E-state index contributed by atoms with van der Waals surface area (Å²) in [6, 6.07) is 5.69. The van der Waals surface area contributed by atoms with Gasteiger partial charge in [-0.3, -0.25) is 14.8 Å². The van der Waals surface area contributed by atoms with Gasteiger partial charge in [0.1, 0.15) is 5.60 Å². The molecule has 0 spiro atoms. The molecule has 2 atom stereocenters. The quantitative estimate of drug-likeness (QED) is 0.751. The second kappa shape index (κ2) is 6.59. The van der Waals surface area contributed by atoms with Gasteiger partial charge in [-0.25, -0.2) is 4.79 Å². The molecule has 2 saturated heterocycles. The molecule has 2 bridgehead atoms. The van der Waals surface area contributed by atoms with Crippen molar-refractivity contribution >= 4 is 22.9 Å². The van der Waals surface area contributed by atoms with E-state index in [1.165, 1.54) is 0 Å². The zero-order valence-electron chi connectivity index (χ0n) is 16.0. The summed E-state index contributed by atoms with van der Waals surface area (Å²) in [5, 5.41) is 0. The normalized spacial score (nSPS) is 24.9. The molecule has 6 nitrogen and oxygen atoms in total. The molecule has 6 heteroatoms. The van der Waals surface area contributed by atoms with Crippen LogP contribution in [0.1, 0.15) is 56.8 Å². The molecule has 2 aliphatic heterocycles. The molecule has 0 radical (unpaired) electrons. The molecule has 0 N–H and O–H groups in total. The number of fused-ring (bicyclic) bond motifs is 3. The van der Waals surface area contributed by atoms with Crippen LogP contribution in [-0.4, -0.2) is 44.4 Å². The zero-order valence-corrected chi connectivity index (χ0v) is 16.0. The molecule has 27 heavy (non-hydrogen) atoms. The Kier molecular flexibility index (Phi) is 4.36. The molecule has 0 saturated carbocycles. The number of benzene rings is 1. The summed E-state index contributed by atoms with van der Waals surface area (Å²) in [5.74, 6) is 0.0820. The van der Waals surface area contributed by atoms with Crippen LogP contribution in [0, 0.1) is 5.92 Å². The molecule has 1 amide bonds. The second-order valence-corrected chi connectivity index (χ2v) is 8.57. The summed E-state index contributed by atoms with van der Waals surface area (Å²) in [5.41, 5.74) is 1.69. The van der Waals surface area contributed by atoms with Gasteiger partial charge in [0.05, 0.1) is 11.0 Å². The van der Waals surface area contributed by atoms with Gasteiger partial charge in [0, 0.05) is 36.0 Å². The first-order valence-electron chi connectivity index (χ1n) is 9.58. The maximum atomic E-state index is 13.1. The van der Waals surface area contributed by atoms with E-state index < -0.39 is 5.60 Å². The molecule has 2 aliphatic rings. The first kappa shape index (κ1) is 17.9. The third-order valence-electron chi connectivity index (χ3n) is 5.46. The predicted molar refractivity (Wildman–Crippen MR) is 101 cm³/mol. The van der Waals surface area contributed by atoms with Gasteiger partial charge in [0.15, 0.2) is 5.78 Å². The van der Waals surface area contributed by atoms with Crippen molar-refractivity contribution in [3.8, 4) is 0 Å². The van der Waals surface area contributed by atoms with Crippen molar-refractivity contribution in [2.75, 3.05) is 0 Å². The first-order valence-corrected chi connectivity index (χ1v) is 9.58. The summed E-state index contributed by atoms with van der Waals surface area (Å²) in [4.78, 5) is 36.1. The second-order valence-electron chi connectivity index (χ2n) is 8.57. The van der Waals surface area contributed by atoms with Crippen LogP contribution < -0.4 is 0 Å². The summed E-state index contributed by atoms with van der Waals surface area (Å²) in [6.45, 7) is 5.64. The van der Waals surface area contributed by atoms with Gasteiger partial charge in [-0.05, 0) is 64.7 Å². The minimum Gasteiger partial charge on any atom is -0.444 e. The number of ketones is 1. The topological polar surface area (TPSA) is 72.4 Å². The van der Waals surface area contributed by atoms with Crippen LogP contribution in [0.2, 0.25) is 0 Å². The highest BCUT2D eigenvalue weighted by atomic mass is 16.6. The van der Waals surface area contributed by atoms with Crippen LogP contribution in [0.4, 0.5) is 4.79 Å². The van der Waals surface area contributed by atoms with E-state index >= 15 is 0 Å². The Bertz CT molecular complexity index is 876. The minimum absolute atomic E-state index is 0.0599. The molecule has 3 heterocycles. The molecule has 1 aromatic heterocycles. The van der Waals surface area contributed by atoms with E-state index in [2.05, 4.69) is 9.97 Å². The number of amides is 1. The van der Waals surface area contributed by atoms with E-state index in [1.807, 2.05) is 43.9 Å². The van der Waals surface area contributed by atoms with Crippen molar-refractivity contribution in [1.29, 1.82) is 0 Å². The summed E-state index contributed by atoms with van der Waals surface area (Å²) >= 11 is 0. The van der Waals surface area contributed by atoms with Crippen molar-refractivity contribution in [3.05, 3.63) is 36.2 Å². The van der Waals surface area contributed by atoms with Crippen LogP contribution in [0.5, 0.6) is 0 Å². The lowest BCUT2D eigenvalue weighted by Gasteiger charge is -2.39. The number of piperidine rings is 1. The van der Waals surface area contributed by atoms with E-state index in [-0.39, 0.29) is 29.9 Å². The average Bonchev–Trinajstić information content (AvgIpc) is 2.89. The smallest absolute Gasteiger partial charge is 0.410 e. The van der Waals surface area contributed by atoms with Gasteiger partial charge >= 0.3 is 6.09 Å². The molecule has 4 rings (SSSR count). The van der Waals surface area contributed by atoms with E-state index in [1.54, 1.807) is 12.4 Å². The maximum absolute atomic E-state index is 13.1. The minimum atomic E-state index is -0.505. The van der Waals surface area contributed by atoms with Gasteiger partial charge in [0.2, 0.25) is 0 Å². The highest BCUT2D eigenvalue weighted by molar-refractivity contribution is 6.00. The molecule has 142 valence electrons. The molecule has 2 aromatic rings. The molecule has 2 fully saturated rings. The number of aromatic nitrogens is 2. The average molecular weight is 367 g/mol. The van der Waals surface area contributed by atoms with Crippen LogP contribution in [0.15, 0.2) is 30.6 Å². The van der Waals surface area contributed by atoms with Gasteiger partial charge in [0.25, 0.3) is 0 Å². The predicted octanol–water partition coefficient (Wildman–Crippen LogP) is 3.99. The van der Waals surface area contributed by atoms with Crippen LogP contribution in [-0.2, 0) is 4.74 Å². The van der Waals surface area contributed by atoms with Crippen molar-refractivity contribution in [2.45, 2.75) is 64.1 Å². The Morgan fingerprint density at radius 3 is 2.30 bits per heavy atom. The van der Waals surface area contributed by atoms with Crippen LogP contribution >= 0.6 is 0 Å². The monoisotopic (exact) mass is 367 g/mol. The van der Waals surface area contributed by atoms with Crippen molar-refractivity contribution in [3.63, 3.8) is 0 Å².